The number of amides is 1. The van der Waals surface area contributed by atoms with Crippen molar-refractivity contribution in [1.82, 2.24) is 5.32 Å². The van der Waals surface area contributed by atoms with Crippen molar-refractivity contribution in [3.05, 3.63) is 64.7 Å². The first-order valence-electron chi connectivity index (χ1n) is 11.5. The zero-order valence-corrected chi connectivity index (χ0v) is 20.3. The van der Waals surface area contributed by atoms with Gasteiger partial charge in [0.2, 0.25) is 15.9 Å². The summed E-state index contributed by atoms with van der Waals surface area (Å²) >= 11 is 0. The fourth-order valence-electron chi connectivity index (χ4n) is 4.36. The molecule has 9 heteroatoms. The minimum absolute atomic E-state index is 0.0619. The zero-order valence-electron chi connectivity index (χ0n) is 19.5. The molecule has 0 bridgehead atoms. The molecule has 1 atom stereocenters. The highest BCUT2D eigenvalue weighted by molar-refractivity contribution is 7.92. The number of aryl methyl sites for hydroxylation is 2. The van der Waals surface area contributed by atoms with Crippen LogP contribution in [0.5, 0.6) is 0 Å². The molecule has 0 saturated heterocycles. The summed E-state index contributed by atoms with van der Waals surface area (Å²) in [4.78, 5) is 12.6. The first kappa shape index (κ1) is 26.1. The lowest BCUT2D eigenvalue weighted by atomic mass is 9.89. The molecular weight excluding hydrogens is 465 g/mol. The summed E-state index contributed by atoms with van der Waals surface area (Å²) in [6, 6.07) is 10.4. The molecule has 1 N–H and O–H groups in total. The smallest absolute Gasteiger partial charge is 0.349 e. The van der Waals surface area contributed by atoms with E-state index in [1.165, 1.54) is 36.1 Å². The van der Waals surface area contributed by atoms with E-state index >= 15 is 0 Å². The Hall–Kier alpha value is -2.55. The quantitative estimate of drug-likeness (QED) is 0.506. The highest BCUT2D eigenvalue weighted by atomic mass is 32.2. The normalized spacial score (nSPS) is 14.9. The number of hydrogen-bond acceptors (Lipinski definition) is 3. The molecule has 34 heavy (non-hydrogen) atoms. The van der Waals surface area contributed by atoms with Crippen molar-refractivity contribution in [1.29, 1.82) is 0 Å². The van der Waals surface area contributed by atoms with Gasteiger partial charge in [0.1, 0.15) is 0 Å². The number of nitrogens with zero attached hydrogens (tertiary/aromatic N) is 1. The molecule has 0 fully saturated rings. The van der Waals surface area contributed by atoms with E-state index in [2.05, 4.69) is 23.5 Å². The number of carbonyl (C=O) groups excluding carboxylic acids is 1. The van der Waals surface area contributed by atoms with Crippen LogP contribution >= 0.6 is 0 Å². The first-order valence-corrected chi connectivity index (χ1v) is 13.4. The fraction of sp³-hybridized carbons (Fsp3) is 0.480. The van der Waals surface area contributed by atoms with Gasteiger partial charge in [-0.3, -0.25) is 9.10 Å². The third-order valence-electron chi connectivity index (χ3n) is 6.15. The Morgan fingerprint density at radius 2 is 1.79 bits per heavy atom. The number of sulfonamides is 1. The highest BCUT2D eigenvalue weighted by Gasteiger charge is 2.31. The van der Waals surface area contributed by atoms with Crippen LogP contribution < -0.4 is 9.62 Å². The Kier molecular flexibility index (Phi) is 8.28. The van der Waals surface area contributed by atoms with E-state index in [9.17, 15) is 26.4 Å². The molecule has 0 unspecified atom stereocenters. The largest absolute Gasteiger partial charge is 0.416 e. The van der Waals surface area contributed by atoms with E-state index in [1.807, 2.05) is 6.92 Å². The molecule has 0 aliphatic heterocycles. The molecule has 3 rings (SSSR count). The van der Waals surface area contributed by atoms with Crippen molar-refractivity contribution in [2.45, 2.75) is 64.1 Å². The average molecular weight is 497 g/mol. The van der Waals surface area contributed by atoms with Crippen molar-refractivity contribution in [3.63, 3.8) is 0 Å². The molecule has 5 nitrogen and oxygen atoms in total. The molecule has 0 radical (unpaired) electrons. The number of halogens is 3. The van der Waals surface area contributed by atoms with Gasteiger partial charge in [-0.05, 0) is 73.4 Å². The Morgan fingerprint density at radius 1 is 1.09 bits per heavy atom. The number of nitrogens with one attached hydrogen (secondary N) is 1. The molecule has 0 heterocycles. The van der Waals surface area contributed by atoms with Gasteiger partial charge < -0.3 is 5.32 Å². The summed E-state index contributed by atoms with van der Waals surface area (Å²) in [5, 5.41) is 3.02. The van der Waals surface area contributed by atoms with Gasteiger partial charge in [0.15, 0.2) is 0 Å². The Bertz CT molecular complexity index is 1120. The number of benzene rings is 2. The van der Waals surface area contributed by atoms with Crippen LogP contribution in [0.15, 0.2) is 42.5 Å². The summed E-state index contributed by atoms with van der Waals surface area (Å²) in [6.07, 6.45) is 1.81. The van der Waals surface area contributed by atoms with Gasteiger partial charge >= 0.3 is 6.18 Å². The molecule has 1 amide bonds. The van der Waals surface area contributed by atoms with Gasteiger partial charge in [0.25, 0.3) is 0 Å². The topological polar surface area (TPSA) is 66.5 Å². The minimum Gasteiger partial charge on any atom is -0.349 e. The van der Waals surface area contributed by atoms with Gasteiger partial charge in [0.05, 0.1) is 23.5 Å². The average Bonchev–Trinajstić information content (AvgIpc) is 2.78. The summed E-state index contributed by atoms with van der Waals surface area (Å²) in [5.41, 5.74) is 2.76. The Balaban J connectivity index is 1.63. The predicted molar refractivity (Wildman–Crippen MR) is 127 cm³/mol. The molecular formula is C25H31F3N2O3S. The number of fused-ring (bicyclic) bond motifs is 1. The van der Waals surface area contributed by atoms with Crippen LogP contribution in [0.3, 0.4) is 0 Å². The van der Waals surface area contributed by atoms with Crippen LogP contribution in [0, 0.1) is 0 Å². The molecule has 0 saturated carbocycles. The van der Waals surface area contributed by atoms with E-state index in [1.54, 1.807) is 0 Å². The number of rotatable bonds is 9. The van der Waals surface area contributed by atoms with Crippen LogP contribution in [-0.4, -0.2) is 27.1 Å². The van der Waals surface area contributed by atoms with Gasteiger partial charge in [-0.1, -0.05) is 31.2 Å². The zero-order chi connectivity index (χ0) is 24.9. The monoisotopic (exact) mass is 496 g/mol. The second-order valence-electron chi connectivity index (χ2n) is 8.75. The standard InChI is InChI=1S/C25H31F3N2O3S/c1-3-23(20-14-13-18-8-4-5-9-19(18)16-20)29-24(31)12-7-15-30(34(2,32)33)22-11-6-10-21(17-22)25(26,27)28/h6,10-11,13-14,16-17,23H,3-5,7-9,12,15H2,1-2H3,(H,29,31)/t23-/m0/s1. The third-order valence-corrected chi connectivity index (χ3v) is 7.34. The van der Waals surface area contributed by atoms with Crippen LogP contribution in [-0.2, 0) is 33.8 Å². The van der Waals surface area contributed by atoms with Crippen molar-refractivity contribution >= 4 is 21.6 Å². The molecule has 1 aliphatic carbocycles. The summed E-state index contributed by atoms with van der Waals surface area (Å²) in [5.74, 6) is -0.220. The van der Waals surface area contributed by atoms with Gasteiger partial charge in [-0.2, -0.15) is 13.2 Å². The van der Waals surface area contributed by atoms with E-state index in [0.717, 1.165) is 41.1 Å². The summed E-state index contributed by atoms with van der Waals surface area (Å²) < 4.78 is 64.6. The molecule has 2 aromatic rings. The predicted octanol–water partition coefficient (Wildman–Crippen LogP) is 5.40. The molecule has 0 aromatic heterocycles. The van der Waals surface area contributed by atoms with Crippen LogP contribution in [0.4, 0.5) is 18.9 Å². The maximum atomic E-state index is 13.1. The summed E-state index contributed by atoms with van der Waals surface area (Å²) in [6.45, 7) is 1.90. The SMILES string of the molecule is CC[C@H](NC(=O)CCCN(c1cccc(C(F)(F)F)c1)S(C)(=O)=O)c1ccc2c(c1)CCCC2. The lowest BCUT2D eigenvalue weighted by Gasteiger charge is -2.24. The van der Waals surface area contributed by atoms with Crippen molar-refractivity contribution in [2.75, 3.05) is 17.1 Å². The van der Waals surface area contributed by atoms with Crippen LogP contribution in [0.25, 0.3) is 0 Å². The molecule has 2 aromatic carbocycles. The minimum atomic E-state index is -4.58. The van der Waals surface area contributed by atoms with Crippen LogP contribution in [0.2, 0.25) is 0 Å². The number of alkyl halides is 3. The second kappa shape index (κ2) is 10.8. The number of hydrogen-bond donors (Lipinski definition) is 1. The fourth-order valence-corrected chi connectivity index (χ4v) is 5.32. The lowest BCUT2D eigenvalue weighted by molar-refractivity contribution is -0.137. The second-order valence-corrected chi connectivity index (χ2v) is 10.7. The lowest BCUT2D eigenvalue weighted by Crippen LogP contribution is -2.33. The van der Waals surface area contributed by atoms with Crippen LogP contribution in [0.1, 0.15) is 67.3 Å². The number of anilines is 1. The van der Waals surface area contributed by atoms with E-state index in [0.29, 0.717) is 6.42 Å². The number of carbonyl (C=O) groups is 1. The van der Waals surface area contributed by atoms with Crippen molar-refractivity contribution in [2.24, 2.45) is 0 Å². The third kappa shape index (κ3) is 6.74. The highest BCUT2D eigenvalue weighted by Crippen LogP contribution is 2.32. The van der Waals surface area contributed by atoms with Crippen molar-refractivity contribution in [3.8, 4) is 0 Å². The van der Waals surface area contributed by atoms with E-state index in [4.69, 9.17) is 0 Å². The Labute approximate surface area is 199 Å². The summed E-state index contributed by atoms with van der Waals surface area (Å²) in [7, 11) is -3.82. The molecule has 1 aliphatic rings. The molecule has 0 spiro atoms. The maximum absolute atomic E-state index is 13.1. The van der Waals surface area contributed by atoms with E-state index in [-0.39, 0.29) is 37.0 Å². The van der Waals surface area contributed by atoms with Crippen molar-refractivity contribution < 1.29 is 26.4 Å². The van der Waals surface area contributed by atoms with Gasteiger partial charge in [0, 0.05) is 13.0 Å². The maximum Gasteiger partial charge on any atom is 0.416 e. The molecule has 186 valence electrons. The van der Waals surface area contributed by atoms with Gasteiger partial charge in [-0.15, -0.1) is 0 Å². The van der Waals surface area contributed by atoms with E-state index < -0.39 is 21.8 Å². The first-order chi connectivity index (χ1) is 16.0. The van der Waals surface area contributed by atoms with Gasteiger partial charge in [-0.25, -0.2) is 8.42 Å². The Morgan fingerprint density at radius 3 is 2.44 bits per heavy atom.